The first-order chi connectivity index (χ1) is 19.7. The molecule has 2 rings (SSSR count). The molecule has 1 saturated carbocycles. The molecule has 0 aliphatic heterocycles. The van der Waals surface area contributed by atoms with Crippen molar-refractivity contribution in [3.8, 4) is 0 Å². The number of aliphatic imine (C=N–C) groups is 1. The van der Waals surface area contributed by atoms with E-state index in [0.29, 0.717) is 12.1 Å². The summed E-state index contributed by atoms with van der Waals surface area (Å²) in [7, 11) is 1.63. The fourth-order valence-electron chi connectivity index (χ4n) is 3.82. The Balaban J connectivity index is -0.000000683. The van der Waals surface area contributed by atoms with Crippen LogP contribution in [0.5, 0.6) is 0 Å². The number of carbonyl (C=O) groups is 1. The first-order valence-corrected chi connectivity index (χ1v) is 14.9. The summed E-state index contributed by atoms with van der Waals surface area (Å²) in [5, 5.41) is 14.2. The number of rotatable bonds is 9. The van der Waals surface area contributed by atoms with E-state index in [0.717, 1.165) is 22.4 Å². The van der Waals surface area contributed by atoms with Crippen LogP contribution in [0.4, 0.5) is 18.9 Å². The van der Waals surface area contributed by atoms with Gasteiger partial charge in [-0.3, -0.25) is 9.79 Å². The predicted octanol–water partition coefficient (Wildman–Crippen LogP) is 8.62. The molecule has 0 spiro atoms. The molecule has 42 heavy (non-hydrogen) atoms. The summed E-state index contributed by atoms with van der Waals surface area (Å²) < 4.78 is 29.0. The smallest absolute Gasteiger partial charge is 0.379 e. The normalized spacial score (nSPS) is 14.0. The van der Waals surface area contributed by atoms with Crippen LogP contribution in [0.2, 0.25) is 0 Å². The quantitative estimate of drug-likeness (QED) is 0.168. The van der Waals surface area contributed by atoms with Crippen LogP contribution in [-0.4, -0.2) is 42.6 Å². The Bertz CT molecular complexity index is 899. The molecule has 0 saturated heterocycles. The van der Waals surface area contributed by atoms with Crippen LogP contribution in [0.3, 0.4) is 0 Å². The summed E-state index contributed by atoms with van der Waals surface area (Å²) in [6, 6.07) is 5.86. The van der Waals surface area contributed by atoms with Crippen molar-refractivity contribution in [2.24, 2.45) is 16.1 Å². The first kappa shape index (κ1) is 43.8. The van der Waals surface area contributed by atoms with Gasteiger partial charge in [0.1, 0.15) is 0 Å². The van der Waals surface area contributed by atoms with Gasteiger partial charge >= 0.3 is 6.68 Å². The number of para-hydroxylation sites is 1. The Morgan fingerprint density at radius 3 is 1.93 bits per heavy atom. The van der Waals surface area contributed by atoms with Gasteiger partial charge in [-0.1, -0.05) is 70.7 Å². The molecule has 5 N–H and O–H groups in total. The van der Waals surface area contributed by atoms with E-state index in [1.807, 2.05) is 58.9 Å². The number of aliphatic hydroxyl groups excluding tert-OH is 1. The molecule has 0 heterocycles. The van der Waals surface area contributed by atoms with Gasteiger partial charge in [0.2, 0.25) is 0 Å². The fraction of sp³-hybridized carbons (Fsp3) is 0.636. The molecule has 1 fully saturated rings. The molecule has 1 aliphatic rings. The van der Waals surface area contributed by atoms with Crippen molar-refractivity contribution in [1.29, 1.82) is 0 Å². The van der Waals surface area contributed by atoms with Gasteiger partial charge in [-0.2, -0.15) is 13.2 Å². The van der Waals surface area contributed by atoms with E-state index < -0.39 is 6.68 Å². The molecule has 1 unspecified atom stereocenters. The number of hydrogen-bond donors (Lipinski definition) is 4. The summed E-state index contributed by atoms with van der Waals surface area (Å²) in [5.41, 5.74) is 10.6. The molecule has 9 heteroatoms. The van der Waals surface area contributed by atoms with Crippen molar-refractivity contribution < 1.29 is 23.1 Å². The number of nitrogens with two attached hydrogens (primary N) is 1. The Labute approximate surface area is 254 Å². The Hall–Kier alpha value is -2.65. The van der Waals surface area contributed by atoms with Crippen LogP contribution in [-0.2, 0) is 6.54 Å². The van der Waals surface area contributed by atoms with Crippen molar-refractivity contribution in [2.45, 2.75) is 127 Å². The molecule has 0 radical (unpaired) electrons. The number of aliphatic hydroxyl groups is 1. The van der Waals surface area contributed by atoms with Gasteiger partial charge in [0, 0.05) is 31.4 Å². The summed E-state index contributed by atoms with van der Waals surface area (Å²) in [4.78, 5) is 16.7. The zero-order chi connectivity index (χ0) is 33.3. The van der Waals surface area contributed by atoms with Crippen LogP contribution in [0.25, 0.3) is 0 Å². The standard InChI is InChI=1S/C19H28N4O.C8H16.C3H8O.C2H6.CHF3/c1-13(2)23-18-16(9-6-10-17(18)19(24)21-5)12-22-15(4)14(3)8-7-11-20;1-3-8(4-2)6-5-7-8;1-3(2)4;1-2;2-1(3)4/h6-11,15,22H,12,20H2,1-5H3,(H,21,24);3-7H2,1-2H3;3-4H,1-2H3;1-2H3;1H/b11-7-,14-8-;;;;. The molecule has 1 amide bonds. The van der Waals surface area contributed by atoms with Gasteiger partial charge in [-0.15, -0.1) is 0 Å². The molecular formula is C33H59F3N4O2. The lowest BCUT2D eigenvalue weighted by molar-refractivity contribution is 0.00818. The van der Waals surface area contributed by atoms with Crippen LogP contribution in [0, 0.1) is 5.41 Å². The minimum absolute atomic E-state index is 0.131. The maximum absolute atomic E-state index is 12.1. The van der Waals surface area contributed by atoms with Gasteiger partial charge < -0.3 is 21.5 Å². The van der Waals surface area contributed by atoms with E-state index in [2.05, 4.69) is 36.4 Å². The topological polar surface area (TPSA) is 99.7 Å². The molecule has 1 atom stereocenters. The summed E-state index contributed by atoms with van der Waals surface area (Å²) in [5.74, 6) is -0.131. The number of allylic oxidation sites excluding steroid dienone is 2. The third-order valence-electron chi connectivity index (χ3n) is 6.59. The minimum atomic E-state index is -3.67. The minimum Gasteiger partial charge on any atom is -0.405 e. The number of hydrogen-bond acceptors (Lipinski definition) is 5. The van der Waals surface area contributed by atoms with Gasteiger partial charge in [0.05, 0.1) is 11.3 Å². The zero-order valence-corrected chi connectivity index (χ0v) is 28.0. The number of amides is 1. The zero-order valence-electron chi connectivity index (χ0n) is 28.0. The molecule has 1 aromatic carbocycles. The van der Waals surface area contributed by atoms with Gasteiger partial charge in [0.25, 0.3) is 5.91 Å². The van der Waals surface area contributed by atoms with E-state index >= 15 is 0 Å². The summed E-state index contributed by atoms with van der Waals surface area (Å²) in [6.45, 7) is 17.0. The van der Waals surface area contributed by atoms with Crippen LogP contribution >= 0.6 is 0 Å². The van der Waals surface area contributed by atoms with Gasteiger partial charge in [0.15, 0.2) is 0 Å². The highest BCUT2D eigenvalue weighted by atomic mass is 19.4. The third kappa shape index (κ3) is 21.1. The van der Waals surface area contributed by atoms with Crippen molar-refractivity contribution in [3.63, 3.8) is 0 Å². The second-order valence-corrected chi connectivity index (χ2v) is 10.3. The van der Waals surface area contributed by atoms with Crippen molar-refractivity contribution in [1.82, 2.24) is 10.6 Å². The average molecular weight is 601 g/mol. The highest BCUT2D eigenvalue weighted by Crippen LogP contribution is 2.46. The molecule has 244 valence electrons. The highest BCUT2D eigenvalue weighted by Gasteiger charge is 2.32. The molecule has 0 bridgehead atoms. The second-order valence-electron chi connectivity index (χ2n) is 10.3. The van der Waals surface area contributed by atoms with E-state index in [4.69, 9.17) is 10.8 Å². The van der Waals surface area contributed by atoms with E-state index in [1.165, 1.54) is 43.9 Å². The predicted molar refractivity (Wildman–Crippen MR) is 174 cm³/mol. The van der Waals surface area contributed by atoms with Gasteiger partial charge in [-0.05, 0) is 83.7 Å². The number of nitrogens with zero attached hydrogens (tertiary/aromatic N) is 1. The fourth-order valence-corrected chi connectivity index (χ4v) is 3.82. The molecular weight excluding hydrogens is 541 g/mol. The maximum atomic E-state index is 12.1. The number of alkyl halides is 3. The lowest BCUT2D eigenvalue weighted by Gasteiger charge is -2.40. The number of nitrogens with one attached hydrogen (secondary N) is 2. The molecule has 0 aromatic heterocycles. The van der Waals surface area contributed by atoms with E-state index in [9.17, 15) is 18.0 Å². The molecule has 6 nitrogen and oxygen atoms in total. The lowest BCUT2D eigenvalue weighted by Crippen LogP contribution is -2.27. The largest absolute Gasteiger partial charge is 0.405 e. The Kier molecular flexibility index (Phi) is 27.1. The number of halogens is 3. The van der Waals surface area contributed by atoms with Crippen LogP contribution < -0.4 is 16.4 Å². The van der Waals surface area contributed by atoms with Crippen molar-refractivity contribution in [3.05, 3.63) is 53.3 Å². The first-order valence-electron chi connectivity index (χ1n) is 14.9. The molecule has 1 aliphatic carbocycles. The van der Waals surface area contributed by atoms with E-state index in [1.54, 1.807) is 27.0 Å². The monoisotopic (exact) mass is 600 g/mol. The maximum Gasteiger partial charge on any atom is 0.379 e. The summed E-state index contributed by atoms with van der Waals surface area (Å²) in [6.07, 6.45) is 12.4. The summed E-state index contributed by atoms with van der Waals surface area (Å²) >= 11 is 0. The second kappa shape index (κ2) is 26.0. The van der Waals surface area contributed by atoms with Gasteiger partial charge in [-0.25, -0.2) is 0 Å². The number of benzene rings is 1. The van der Waals surface area contributed by atoms with Crippen molar-refractivity contribution >= 4 is 17.3 Å². The Morgan fingerprint density at radius 2 is 1.60 bits per heavy atom. The van der Waals surface area contributed by atoms with Crippen molar-refractivity contribution in [2.75, 3.05) is 7.05 Å². The Morgan fingerprint density at radius 1 is 1.10 bits per heavy atom. The lowest BCUT2D eigenvalue weighted by atomic mass is 9.65. The molecule has 1 aromatic rings. The highest BCUT2D eigenvalue weighted by molar-refractivity contribution is 6.00. The van der Waals surface area contributed by atoms with E-state index in [-0.39, 0.29) is 18.1 Å². The number of carbonyl (C=O) groups excluding carboxylic acids is 1. The third-order valence-corrected chi connectivity index (χ3v) is 6.59. The van der Waals surface area contributed by atoms with Crippen LogP contribution in [0.1, 0.15) is 117 Å². The SMILES string of the molecule is CC.CC(C)O.CCC1(CC)CCC1.CNC(=O)c1cccc(CNC(C)/C(C)=C\C=C/N)c1N=C(C)C.FC(F)F. The average Bonchev–Trinajstić information content (AvgIpc) is 2.91. The van der Waals surface area contributed by atoms with Crippen LogP contribution in [0.15, 0.2) is 47.1 Å².